The van der Waals surface area contributed by atoms with Crippen LogP contribution in [0.15, 0.2) is 133 Å². The number of anilines is 6. The molecule has 4 heteroatoms. The molecule has 0 N–H and O–H groups in total. The summed E-state index contributed by atoms with van der Waals surface area (Å²) in [5.41, 5.74) is 13.8. The van der Waals surface area contributed by atoms with Gasteiger partial charge in [-0.05, 0) is 132 Å². The van der Waals surface area contributed by atoms with E-state index in [2.05, 4.69) is 143 Å². The van der Waals surface area contributed by atoms with Crippen LogP contribution in [-0.2, 0) is 5.41 Å². The standard InChI is InChI=1S/C46H37BN2S/c1-6-18-43-34(9-1)35-10-7-17-42(45(35)50-43)49-39-14-5-3-12-37(39)47-36-11-2-4-13-38(36)48(40-15-8-16-41(49)44(40)47)33-21-19-32(20-22-33)46-26-29-23-30(27-46)25-31(24-29)28-46/h1-22,29-31H,23-28H2. The van der Waals surface area contributed by atoms with Crippen molar-refractivity contribution in [3.05, 3.63) is 139 Å². The third kappa shape index (κ3) is 3.75. The minimum absolute atomic E-state index is 0.161. The smallest absolute Gasteiger partial charge is 0.252 e. The summed E-state index contributed by atoms with van der Waals surface area (Å²) in [6, 6.07) is 50.9. The highest BCUT2D eigenvalue weighted by molar-refractivity contribution is 7.26. The molecule has 4 fully saturated rings. The Morgan fingerprint density at radius 2 is 1.04 bits per heavy atom. The fraction of sp³-hybridized carbons (Fsp3) is 0.217. The minimum atomic E-state index is 0.161. The first-order chi connectivity index (χ1) is 24.7. The fourth-order valence-electron chi connectivity index (χ4n) is 11.7. The molecule has 2 aliphatic heterocycles. The molecule has 240 valence electrons. The molecule has 6 aliphatic rings. The van der Waals surface area contributed by atoms with Gasteiger partial charge in [0.05, 0.1) is 10.4 Å². The summed E-state index contributed by atoms with van der Waals surface area (Å²) < 4.78 is 2.68. The first-order valence-electron chi connectivity index (χ1n) is 18.6. The molecule has 0 radical (unpaired) electrons. The Kier molecular flexibility index (Phi) is 5.67. The number of hydrogen-bond acceptors (Lipinski definition) is 3. The van der Waals surface area contributed by atoms with Gasteiger partial charge in [-0.1, -0.05) is 84.9 Å². The lowest BCUT2D eigenvalue weighted by atomic mass is 9.33. The number of benzene rings is 6. The summed E-state index contributed by atoms with van der Waals surface area (Å²) in [5, 5.41) is 2.67. The van der Waals surface area contributed by atoms with Crippen molar-refractivity contribution in [2.24, 2.45) is 17.8 Å². The number of para-hydroxylation sites is 2. The first kappa shape index (κ1) is 28.0. The fourth-order valence-corrected chi connectivity index (χ4v) is 12.9. The van der Waals surface area contributed by atoms with Crippen LogP contribution in [0.25, 0.3) is 20.2 Å². The average molecular weight is 661 g/mol. The Morgan fingerprint density at radius 3 is 1.76 bits per heavy atom. The van der Waals surface area contributed by atoms with Crippen LogP contribution in [0.3, 0.4) is 0 Å². The molecule has 2 nitrogen and oxygen atoms in total. The third-order valence-corrected chi connectivity index (χ3v) is 14.4. The molecular weight excluding hydrogens is 623 g/mol. The molecule has 4 aliphatic carbocycles. The maximum absolute atomic E-state index is 2.56. The SMILES string of the molecule is c1ccc2c(c1)B1c3ccccc3N(c3cccc4c3sc3ccccc34)c3cccc(c31)N2c1ccc(C23CC4CC(CC(C4)C2)C3)cc1. The molecular formula is C46H37BN2S. The van der Waals surface area contributed by atoms with Gasteiger partial charge in [-0.3, -0.25) is 0 Å². The van der Waals surface area contributed by atoms with E-state index in [0.717, 1.165) is 17.8 Å². The van der Waals surface area contributed by atoms with Crippen molar-refractivity contribution in [3.8, 4) is 0 Å². The van der Waals surface area contributed by atoms with E-state index < -0.39 is 0 Å². The van der Waals surface area contributed by atoms with E-state index in [9.17, 15) is 0 Å². The second-order valence-corrected chi connectivity index (χ2v) is 17.0. The molecule has 0 saturated heterocycles. The number of rotatable bonds is 3. The second kappa shape index (κ2) is 10.1. The summed E-state index contributed by atoms with van der Waals surface area (Å²) in [5.74, 6) is 2.85. The van der Waals surface area contributed by atoms with Crippen molar-refractivity contribution in [1.82, 2.24) is 0 Å². The molecule has 3 heterocycles. The largest absolute Gasteiger partial charge is 0.311 e. The van der Waals surface area contributed by atoms with Gasteiger partial charge in [-0.15, -0.1) is 11.3 Å². The third-order valence-electron chi connectivity index (χ3n) is 13.2. The van der Waals surface area contributed by atoms with Gasteiger partial charge in [-0.2, -0.15) is 0 Å². The van der Waals surface area contributed by atoms with E-state index in [1.54, 1.807) is 5.56 Å². The van der Waals surface area contributed by atoms with E-state index in [1.165, 1.54) is 109 Å². The number of hydrogen-bond donors (Lipinski definition) is 0. The highest BCUT2D eigenvalue weighted by Crippen LogP contribution is 2.61. The average Bonchev–Trinajstić information content (AvgIpc) is 3.54. The highest BCUT2D eigenvalue weighted by atomic mass is 32.1. The minimum Gasteiger partial charge on any atom is -0.311 e. The molecule has 13 rings (SSSR count). The zero-order valence-corrected chi connectivity index (χ0v) is 28.9. The Balaban J connectivity index is 1.05. The monoisotopic (exact) mass is 660 g/mol. The first-order valence-corrected chi connectivity index (χ1v) is 19.5. The molecule has 4 saturated carbocycles. The molecule has 6 aromatic carbocycles. The van der Waals surface area contributed by atoms with E-state index in [1.807, 2.05) is 11.3 Å². The summed E-state index contributed by atoms with van der Waals surface area (Å²) in [4.78, 5) is 5.12. The topological polar surface area (TPSA) is 6.48 Å². The molecule has 0 atom stereocenters. The summed E-state index contributed by atoms with van der Waals surface area (Å²) in [6.07, 6.45) is 8.67. The van der Waals surface area contributed by atoms with Gasteiger partial charge < -0.3 is 9.80 Å². The lowest BCUT2D eigenvalue weighted by molar-refractivity contribution is -0.00518. The summed E-state index contributed by atoms with van der Waals surface area (Å²) >= 11 is 1.91. The summed E-state index contributed by atoms with van der Waals surface area (Å²) in [6.45, 7) is 0.161. The molecule has 1 aromatic heterocycles. The van der Waals surface area contributed by atoms with Crippen LogP contribution in [0.5, 0.6) is 0 Å². The molecule has 0 amide bonds. The molecule has 7 aromatic rings. The van der Waals surface area contributed by atoms with Gasteiger partial charge in [0.15, 0.2) is 0 Å². The van der Waals surface area contributed by atoms with E-state index in [4.69, 9.17) is 0 Å². The van der Waals surface area contributed by atoms with Crippen molar-refractivity contribution in [2.45, 2.75) is 43.9 Å². The van der Waals surface area contributed by atoms with Crippen molar-refractivity contribution in [3.63, 3.8) is 0 Å². The van der Waals surface area contributed by atoms with Crippen LogP contribution in [0.4, 0.5) is 34.1 Å². The number of fused-ring (bicyclic) bond motifs is 7. The quantitative estimate of drug-likeness (QED) is 0.174. The van der Waals surface area contributed by atoms with Crippen molar-refractivity contribution < 1.29 is 0 Å². The maximum Gasteiger partial charge on any atom is 0.252 e. The van der Waals surface area contributed by atoms with E-state index in [0.29, 0.717) is 5.41 Å². The lowest BCUT2D eigenvalue weighted by Gasteiger charge is -2.57. The lowest BCUT2D eigenvalue weighted by Crippen LogP contribution is -2.61. The van der Waals surface area contributed by atoms with Crippen LogP contribution in [0.2, 0.25) is 0 Å². The van der Waals surface area contributed by atoms with Crippen LogP contribution in [0.1, 0.15) is 44.1 Å². The Morgan fingerprint density at radius 1 is 0.500 bits per heavy atom. The van der Waals surface area contributed by atoms with Gasteiger partial charge in [0.25, 0.3) is 6.71 Å². The predicted molar refractivity (Wildman–Crippen MR) is 213 cm³/mol. The molecule has 0 spiro atoms. The van der Waals surface area contributed by atoms with E-state index >= 15 is 0 Å². The van der Waals surface area contributed by atoms with Crippen LogP contribution >= 0.6 is 11.3 Å². The van der Waals surface area contributed by atoms with Crippen molar-refractivity contribution >= 4 is 88.7 Å². The van der Waals surface area contributed by atoms with Gasteiger partial charge in [0.2, 0.25) is 0 Å². The summed E-state index contributed by atoms with van der Waals surface area (Å²) in [7, 11) is 0. The Hall–Kier alpha value is -4.80. The zero-order valence-electron chi connectivity index (χ0n) is 28.1. The van der Waals surface area contributed by atoms with Gasteiger partial charge in [0.1, 0.15) is 0 Å². The van der Waals surface area contributed by atoms with Gasteiger partial charge in [0, 0.05) is 43.9 Å². The number of thiophene rings is 1. The number of nitrogens with zero attached hydrogens (tertiary/aromatic N) is 2. The Labute approximate surface area is 298 Å². The van der Waals surface area contributed by atoms with Crippen LogP contribution in [-0.4, -0.2) is 6.71 Å². The molecule has 50 heavy (non-hydrogen) atoms. The maximum atomic E-state index is 2.56. The second-order valence-electron chi connectivity index (χ2n) is 15.9. The van der Waals surface area contributed by atoms with Crippen molar-refractivity contribution in [1.29, 1.82) is 0 Å². The molecule has 4 bridgehead atoms. The van der Waals surface area contributed by atoms with Crippen LogP contribution in [0, 0.1) is 17.8 Å². The predicted octanol–water partition coefficient (Wildman–Crippen LogP) is 10.6. The molecule has 0 unspecified atom stereocenters. The Bertz CT molecular complexity index is 2480. The van der Waals surface area contributed by atoms with E-state index in [-0.39, 0.29) is 6.71 Å². The van der Waals surface area contributed by atoms with Gasteiger partial charge in [-0.25, -0.2) is 0 Å². The van der Waals surface area contributed by atoms with Gasteiger partial charge >= 0.3 is 0 Å². The zero-order chi connectivity index (χ0) is 32.6. The normalized spacial score (nSPS) is 24.1. The van der Waals surface area contributed by atoms with Crippen LogP contribution < -0.4 is 26.2 Å². The van der Waals surface area contributed by atoms with Crippen molar-refractivity contribution in [2.75, 3.05) is 9.80 Å². The highest BCUT2D eigenvalue weighted by Gasteiger charge is 2.51.